The van der Waals surface area contributed by atoms with Crippen molar-refractivity contribution in [1.29, 1.82) is 0 Å². The Hall–Kier alpha value is -0.720. The molecule has 6 heteroatoms. The maximum absolute atomic E-state index is 12.0. The molecule has 0 bridgehead atoms. The van der Waals surface area contributed by atoms with Crippen LogP contribution >= 0.6 is 11.8 Å². The zero-order valence-corrected chi connectivity index (χ0v) is 14.6. The molecule has 0 aromatic heterocycles. The summed E-state index contributed by atoms with van der Waals surface area (Å²) in [5.74, 6) is 1.27. The van der Waals surface area contributed by atoms with Crippen molar-refractivity contribution in [3.05, 3.63) is 24.3 Å². The lowest BCUT2D eigenvalue weighted by Gasteiger charge is -2.15. The van der Waals surface area contributed by atoms with Gasteiger partial charge in [-0.2, -0.15) is 0 Å². The van der Waals surface area contributed by atoms with Crippen LogP contribution in [0.1, 0.15) is 33.6 Å². The van der Waals surface area contributed by atoms with E-state index in [1.54, 1.807) is 0 Å². The van der Waals surface area contributed by atoms with E-state index >= 15 is 0 Å². The van der Waals surface area contributed by atoms with Crippen molar-refractivity contribution in [3.8, 4) is 0 Å². The van der Waals surface area contributed by atoms with Gasteiger partial charge in [-0.1, -0.05) is 13.8 Å². The van der Waals surface area contributed by atoms with Crippen molar-refractivity contribution in [2.75, 3.05) is 17.2 Å². The Morgan fingerprint density at radius 3 is 2.33 bits per heavy atom. The van der Waals surface area contributed by atoms with Gasteiger partial charge in [-0.3, -0.25) is 0 Å². The monoisotopic (exact) mass is 330 g/mol. The van der Waals surface area contributed by atoms with E-state index in [1.807, 2.05) is 31.2 Å². The summed E-state index contributed by atoms with van der Waals surface area (Å²) < 4.78 is 26.7. The molecule has 3 N–H and O–H groups in total. The Kier molecular flexibility index (Phi) is 7.56. The number of anilines is 1. The highest BCUT2D eigenvalue weighted by atomic mass is 32.2. The van der Waals surface area contributed by atoms with E-state index < -0.39 is 10.0 Å². The van der Waals surface area contributed by atoms with Crippen LogP contribution in [0.4, 0.5) is 5.69 Å². The summed E-state index contributed by atoms with van der Waals surface area (Å²) in [6.45, 7) is 6.21. The van der Waals surface area contributed by atoms with Crippen molar-refractivity contribution >= 4 is 27.5 Å². The van der Waals surface area contributed by atoms with E-state index in [4.69, 9.17) is 5.73 Å². The molecule has 1 unspecified atom stereocenters. The van der Waals surface area contributed by atoms with E-state index in [1.165, 1.54) is 11.8 Å². The highest BCUT2D eigenvalue weighted by molar-refractivity contribution is 8.00. The van der Waals surface area contributed by atoms with Crippen LogP contribution in [0.3, 0.4) is 0 Å². The van der Waals surface area contributed by atoms with Gasteiger partial charge in [0, 0.05) is 22.4 Å². The van der Waals surface area contributed by atoms with Crippen molar-refractivity contribution in [2.24, 2.45) is 5.92 Å². The number of sulfonamides is 1. The molecule has 0 spiro atoms. The fourth-order valence-electron chi connectivity index (χ4n) is 1.84. The van der Waals surface area contributed by atoms with Crippen LogP contribution in [0.5, 0.6) is 0 Å². The standard InChI is InChI=1S/C15H26N2O2S2/c1-12(2)4-5-13(3)17-21(18,19)11-10-20-15-8-6-14(16)7-9-15/h6-9,12-13,17H,4-5,10-11,16H2,1-3H3. The van der Waals surface area contributed by atoms with Crippen molar-refractivity contribution in [3.63, 3.8) is 0 Å². The van der Waals surface area contributed by atoms with Crippen molar-refractivity contribution < 1.29 is 8.42 Å². The predicted molar refractivity (Wildman–Crippen MR) is 92.0 cm³/mol. The zero-order valence-electron chi connectivity index (χ0n) is 13.0. The highest BCUT2D eigenvalue weighted by Crippen LogP contribution is 2.19. The number of rotatable bonds is 9. The number of hydrogen-bond donors (Lipinski definition) is 2. The predicted octanol–water partition coefficient (Wildman–Crippen LogP) is 3.11. The average Bonchev–Trinajstić information content (AvgIpc) is 2.38. The van der Waals surface area contributed by atoms with E-state index in [0.717, 1.165) is 17.7 Å². The first-order chi connectivity index (χ1) is 9.78. The van der Waals surface area contributed by atoms with Crippen molar-refractivity contribution in [2.45, 2.75) is 44.6 Å². The van der Waals surface area contributed by atoms with Crippen molar-refractivity contribution in [1.82, 2.24) is 4.72 Å². The first kappa shape index (κ1) is 18.3. The Labute approximate surface area is 132 Å². The number of thioether (sulfide) groups is 1. The van der Waals surface area contributed by atoms with E-state index in [-0.39, 0.29) is 11.8 Å². The number of nitrogens with two attached hydrogens (primary N) is 1. The molecule has 1 atom stereocenters. The highest BCUT2D eigenvalue weighted by Gasteiger charge is 2.14. The number of hydrogen-bond acceptors (Lipinski definition) is 4. The van der Waals surface area contributed by atoms with Gasteiger partial charge in [0.25, 0.3) is 0 Å². The largest absolute Gasteiger partial charge is 0.399 e. The molecule has 1 aromatic rings. The van der Waals surface area contributed by atoms with Gasteiger partial charge in [0.2, 0.25) is 10.0 Å². The second-order valence-electron chi connectivity index (χ2n) is 5.73. The van der Waals surface area contributed by atoms with Gasteiger partial charge in [-0.15, -0.1) is 11.8 Å². The summed E-state index contributed by atoms with van der Waals surface area (Å²) in [4.78, 5) is 1.03. The van der Waals surface area contributed by atoms with Gasteiger partial charge in [-0.05, 0) is 49.9 Å². The minimum Gasteiger partial charge on any atom is -0.399 e. The SMILES string of the molecule is CC(C)CCC(C)NS(=O)(=O)CCSc1ccc(N)cc1. The van der Waals surface area contributed by atoms with Crippen LogP contribution in [-0.2, 0) is 10.0 Å². The Balaban J connectivity index is 2.33. The Morgan fingerprint density at radius 1 is 1.14 bits per heavy atom. The first-order valence-electron chi connectivity index (χ1n) is 7.27. The summed E-state index contributed by atoms with van der Waals surface area (Å²) >= 11 is 1.53. The van der Waals surface area contributed by atoms with Crippen LogP contribution < -0.4 is 10.5 Å². The average molecular weight is 331 g/mol. The van der Waals surface area contributed by atoms with E-state index in [9.17, 15) is 8.42 Å². The molecule has 4 nitrogen and oxygen atoms in total. The Bertz CT molecular complexity index is 513. The van der Waals surface area contributed by atoms with Gasteiger partial charge in [0.15, 0.2) is 0 Å². The molecular weight excluding hydrogens is 304 g/mol. The third-order valence-corrected chi connectivity index (χ3v) is 5.83. The van der Waals surface area contributed by atoms with Crippen LogP contribution in [0.25, 0.3) is 0 Å². The summed E-state index contributed by atoms with van der Waals surface area (Å²) in [7, 11) is -3.20. The molecule has 1 aromatic carbocycles. The van der Waals surface area contributed by atoms with Crippen LogP contribution in [-0.4, -0.2) is 26.0 Å². The summed E-state index contributed by atoms with van der Waals surface area (Å²) in [6.07, 6.45) is 1.91. The fourth-order valence-corrected chi connectivity index (χ4v) is 4.46. The van der Waals surface area contributed by atoms with E-state index in [2.05, 4.69) is 18.6 Å². The molecule has 0 aliphatic rings. The van der Waals surface area contributed by atoms with E-state index in [0.29, 0.717) is 17.4 Å². The quantitative estimate of drug-likeness (QED) is 0.539. The fraction of sp³-hybridized carbons (Fsp3) is 0.600. The normalized spacial score (nSPS) is 13.5. The maximum Gasteiger partial charge on any atom is 0.212 e. The number of nitrogens with one attached hydrogen (secondary N) is 1. The lowest BCUT2D eigenvalue weighted by molar-refractivity contribution is 0.486. The molecule has 21 heavy (non-hydrogen) atoms. The van der Waals surface area contributed by atoms with Gasteiger partial charge in [0.05, 0.1) is 5.75 Å². The second-order valence-corrected chi connectivity index (χ2v) is 8.77. The molecule has 1 rings (SSSR count). The molecule has 0 fully saturated rings. The molecular formula is C15H26N2O2S2. The third-order valence-electron chi connectivity index (χ3n) is 3.06. The zero-order chi connectivity index (χ0) is 15.9. The maximum atomic E-state index is 12.0. The third kappa shape index (κ3) is 8.34. The van der Waals surface area contributed by atoms with Gasteiger partial charge >= 0.3 is 0 Å². The molecule has 0 saturated heterocycles. The minimum atomic E-state index is -3.20. The summed E-state index contributed by atoms with van der Waals surface area (Å²) in [6, 6.07) is 7.46. The lowest BCUT2D eigenvalue weighted by atomic mass is 10.1. The summed E-state index contributed by atoms with van der Waals surface area (Å²) in [5.41, 5.74) is 6.33. The topological polar surface area (TPSA) is 72.2 Å². The lowest BCUT2D eigenvalue weighted by Crippen LogP contribution is -2.35. The molecule has 0 heterocycles. The molecule has 0 saturated carbocycles. The van der Waals surface area contributed by atoms with Crippen LogP contribution in [0, 0.1) is 5.92 Å². The molecule has 120 valence electrons. The first-order valence-corrected chi connectivity index (χ1v) is 9.90. The number of nitrogen functional groups attached to an aromatic ring is 1. The molecule has 0 amide bonds. The van der Waals surface area contributed by atoms with Crippen LogP contribution in [0.15, 0.2) is 29.2 Å². The van der Waals surface area contributed by atoms with Crippen LogP contribution in [0.2, 0.25) is 0 Å². The molecule has 0 radical (unpaired) electrons. The van der Waals surface area contributed by atoms with Gasteiger partial charge in [0.1, 0.15) is 0 Å². The Morgan fingerprint density at radius 2 is 1.76 bits per heavy atom. The summed E-state index contributed by atoms with van der Waals surface area (Å²) in [5, 5.41) is 0. The molecule has 0 aliphatic carbocycles. The second kappa shape index (κ2) is 8.66. The minimum absolute atomic E-state index is 0.000997. The van der Waals surface area contributed by atoms with Gasteiger partial charge in [-0.25, -0.2) is 13.1 Å². The van der Waals surface area contributed by atoms with Gasteiger partial charge < -0.3 is 5.73 Å². The molecule has 0 aliphatic heterocycles. The number of benzene rings is 1. The smallest absolute Gasteiger partial charge is 0.212 e.